The van der Waals surface area contributed by atoms with Crippen LogP contribution in [0.1, 0.15) is 21.7 Å². The molecule has 2 rings (SSSR count). The first-order chi connectivity index (χ1) is 9.09. The molecular weight excluding hydrogens is 248 g/mol. The Morgan fingerprint density at radius 1 is 1.00 bits per heavy atom. The highest BCUT2D eigenvalue weighted by Gasteiger charge is 2.18. The minimum absolute atomic E-state index is 0.0669. The summed E-state index contributed by atoms with van der Waals surface area (Å²) in [6.07, 6.45) is 2.71. The predicted molar refractivity (Wildman–Crippen MR) is 67.6 cm³/mol. The molecule has 0 aliphatic rings. The van der Waals surface area contributed by atoms with Crippen LogP contribution in [0.15, 0.2) is 47.1 Å². The number of carbonyl (C=O) groups is 2. The second-order valence-corrected chi connectivity index (χ2v) is 3.73. The second-order valence-electron chi connectivity index (χ2n) is 3.73. The van der Waals surface area contributed by atoms with Crippen molar-refractivity contribution >= 4 is 23.6 Å². The average molecular weight is 258 g/mol. The third-order valence-corrected chi connectivity index (χ3v) is 2.51. The topological polar surface area (TPSA) is 87.7 Å². The number of aliphatic carboxylic acids is 1. The first-order valence-corrected chi connectivity index (χ1v) is 5.41. The third kappa shape index (κ3) is 2.71. The van der Waals surface area contributed by atoms with Crippen LogP contribution in [0.4, 0.5) is 0 Å². The number of hydrogen-bond donors (Lipinski definition) is 2. The summed E-state index contributed by atoms with van der Waals surface area (Å²) in [5.41, 5.74) is -0.0606. The normalized spacial score (nSPS) is 11.3. The Balaban J connectivity index is 2.58. The zero-order valence-corrected chi connectivity index (χ0v) is 9.74. The van der Waals surface area contributed by atoms with Crippen LogP contribution in [0.2, 0.25) is 0 Å². The van der Waals surface area contributed by atoms with E-state index in [1.807, 2.05) is 0 Å². The minimum atomic E-state index is -1.22. The summed E-state index contributed by atoms with van der Waals surface area (Å²) in [6, 6.07) is 9.14. The molecule has 96 valence electrons. The second kappa shape index (κ2) is 5.22. The van der Waals surface area contributed by atoms with Gasteiger partial charge in [-0.15, -0.1) is 0 Å². The molecule has 1 aromatic carbocycles. The van der Waals surface area contributed by atoms with E-state index in [4.69, 9.17) is 9.52 Å². The molecule has 0 bridgehead atoms. The van der Waals surface area contributed by atoms with Gasteiger partial charge in [0.2, 0.25) is 0 Å². The van der Waals surface area contributed by atoms with Crippen molar-refractivity contribution in [3.05, 3.63) is 59.5 Å². The SMILES string of the molecule is O=C(O)/C(=C/c1ccco1)c1ccccc1C(=O)O. The minimum Gasteiger partial charge on any atom is -0.478 e. The molecule has 0 saturated carbocycles. The quantitative estimate of drug-likeness (QED) is 0.823. The molecule has 1 heterocycles. The van der Waals surface area contributed by atoms with E-state index in [0.717, 1.165) is 0 Å². The number of carboxylic acid groups (broad SMARTS) is 2. The Labute approximate surface area is 108 Å². The summed E-state index contributed by atoms with van der Waals surface area (Å²) in [5, 5.41) is 18.3. The summed E-state index contributed by atoms with van der Waals surface area (Å²) < 4.78 is 5.05. The molecule has 2 aromatic rings. The van der Waals surface area contributed by atoms with Gasteiger partial charge in [0, 0.05) is 5.56 Å². The van der Waals surface area contributed by atoms with E-state index in [2.05, 4.69) is 0 Å². The van der Waals surface area contributed by atoms with Gasteiger partial charge in [0.15, 0.2) is 0 Å². The molecule has 5 nitrogen and oxygen atoms in total. The third-order valence-electron chi connectivity index (χ3n) is 2.51. The van der Waals surface area contributed by atoms with Gasteiger partial charge in [0.1, 0.15) is 5.76 Å². The molecule has 2 N–H and O–H groups in total. The van der Waals surface area contributed by atoms with Gasteiger partial charge in [0.25, 0.3) is 0 Å². The van der Waals surface area contributed by atoms with Crippen LogP contribution in [-0.4, -0.2) is 22.2 Å². The highest BCUT2D eigenvalue weighted by Crippen LogP contribution is 2.22. The Bertz CT molecular complexity index is 638. The molecule has 0 atom stereocenters. The molecule has 0 unspecified atom stereocenters. The van der Waals surface area contributed by atoms with Crippen molar-refractivity contribution < 1.29 is 24.2 Å². The molecule has 0 radical (unpaired) electrons. The van der Waals surface area contributed by atoms with Gasteiger partial charge in [-0.3, -0.25) is 0 Å². The van der Waals surface area contributed by atoms with Crippen molar-refractivity contribution in [2.75, 3.05) is 0 Å². The van der Waals surface area contributed by atoms with Gasteiger partial charge in [-0.05, 0) is 24.3 Å². The number of furan rings is 1. The molecule has 0 aliphatic carbocycles. The molecular formula is C14H10O5. The van der Waals surface area contributed by atoms with E-state index in [1.54, 1.807) is 24.3 Å². The highest BCUT2D eigenvalue weighted by atomic mass is 16.4. The van der Waals surface area contributed by atoms with E-state index in [1.165, 1.54) is 24.5 Å². The Kier molecular flexibility index (Phi) is 3.47. The first-order valence-electron chi connectivity index (χ1n) is 5.41. The number of carboxylic acids is 2. The van der Waals surface area contributed by atoms with Crippen LogP contribution in [-0.2, 0) is 4.79 Å². The lowest BCUT2D eigenvalue weighted by Gasteiger charge is -2.06. The van der Waals surface area contributed by atoms with Gasteiger partial charge >= 0.3 is 11.9 Å². The van der Waals surface area contributed by atoms with Crippen molar-refractivity contribution in [1.82, 2.24) is 0 Å². The molecule has 0 saturated heterocycles. The van der Waals surface area contributed by atoms with Crippen LogP contribution >= 0.6 is 0 Å². The smallest absolute Gasteiger partial charge is 0.336 e. The van der Waals surface area contributed by atoms with Crippen molar-refractivity contribution in [2.45, 2.75) is 0 Å². The van der Waals surface area contributed by atoms with Crippen molar-refractivity contribution in [2.24, 2.45) is 0 Å². The van der Waals surface area contributed by atoms with Gasteiger partial charge in [0.05, 0.1) is 17.4 Å². The Morgan fingerprint density at radius 2 is 1.68 bits per heavy atom. The lowest BCUT2D eigenvalue weighted by atomic mass is 9.99. The van der Waals surface area contributed by atoms with Gasteiger partial charge < -0.3 is 14.6 Å². The van der Waals surface area contributed by atoms with Crippen LogP contribution < -0.4 is 0 Å². The molecule has 0 spiro atoms. The fourth-order valence-corrected chi connectivity index (χ4v) is 1.67. The summed E-state index contributed by atoms with van der Waals surface area (Å²) in [7, 11) is 0. The van der Waals surface area contributed by atoms with E-state index < -0.39 is 11.9 Å². The maximum Gasteiger partial charge on any atom is 0.336 e. The number of rotatable bonds is 4. The number of hydrogen-bond acceptors (Lipinski definition) is 3. The standard InChI is InChI=1S/C14H10O5/c15-13(16)11-6-2-1-5-10(11)12(14(17)18)8-9-4-3-7-19-9/h1-8H,(H,15,16)(H,17,18)/b12-8+. The zero-order valence-electron chi connectivity index (χ0n) is 9.74. The Hall–Kier alpha value is -2.82. The molecule has 0 amide bonds. The Morgan fingerprint density at radius 3 is 2.21 bits per heavy atom. The summed E-state index contributed by atoms with van der Waals surface area (Å²) in [4.78, 5) is 22.4. The van der Waals surface area contributed by atoms with Crippen molar-refractivity contribution in [3.8, 4) is 0 Å². The molecule has 19 heavy (non-hydrogen) atoms. The fraction of sp³-hybridized carbons (Fsp3) is 0. The van der Waals surface area contributed by atoms with E-state index in [0.29, 0.717) is 5.76 Å². The van der Waals surface area contributed by atoms with Crippen LogP contribution in [0.25, 0.3) is 11.6 Å². The van der Waals surface area contributed by atoms with E-state index in [9.17, 15) is 14.7 Å². The maximum absolute atomic E-state index is 11.3. The van der Waals surface area contributed by atoms with Gasteiger partial charge in [-0.1, -0.05) is 18.2 Å². The molecule has 0 aliphatic heterocycles. The molecule has 1 aromatic heterocycles. The fourth-order valence-electron chi connectivity index (χ4n) is 1.67. The highest BCUT2D eigenvalue weighted by molar-refractivity contribution is 6.22. The van der Waals surface area contributed by atoms with E-state index in [-0.39, 0.29) is 16.7 Å². The summed E-state index contributed by atoms with van der Waals surface area (Å²) in [5.74, 6) is -2.05. The first kappa shape index (κ1) is 12.6. The van der Waals surface area contributed by atoms with Gasteiger partial charge in [-0.2, -0.15) is 0 Å². The lowest BCUT2D eigenvalue weighted by molar-refractivity contribution is -0.130. The summed E-state index contributed by atoms with van der Waals surface area (Å²) >= 11 is 0. The van der Waals surface area contributed by atoms with Crippen LogP contribution in [0.3, 0.4) is 0 Å². The molecule has 5 heteroatoms. The summed E-state index contributed by atoms with van der Waals surface area (Å²) in [6.45, 7) is 0. The van der Waals surface area contributed by atoms with Crippen LogP contribution in [0, 0.1) is 0 Å². The zero-order chi connectivity index (χ0) is 13.8. The number of benzene rings is 1. The molecule has 0 fully saturated rings. The van der Waals surface area contributed by atoms with Crippen molar-refractivity contribution in [3.63, 3.8) is 0 Å². The number of aromatic carboxylic acids is 1. The lowest BCUT2D eigenvalue weighted by Crippen LogP contribution is -2.06. The van der Waals surface area contributed by atoms with Crippen LogP contribution in [0.5, 0.6) is 0 Å². The van der Waals surface area contributed by atoms with Gasteiger partial charge in [-0.25, -0.2) is 9.59 Å². The van der Waals surface area contributed by atoms with Crippen molar-refractivity contribution in [1.29, 1.82) is 0 Å². The maximum atomic E-state index is 11.3. The monoisotopic (exact) mass is 258 g/mol. The largest absolute Gasteiger partial charge is 0.478 e. The van der Waals surface area contributed by atoms with E-state index >= 15 is 0 Å². The average Bonchev–Trinajstić information content (AvgIpc) is 2.88. The predicted octanol–water partition coefficient (Wildman–Crippen LogP) is 2.60.